The van der Waals surface area contributed by atoms with Crippen LogP contribution in [-0.2, 0) is 25.6 Å². The molecule has 3 saturated heterocycles. The largest absolute Gasteiger partial charge is 0.356 e. The quantitative estimate of drug-likeness (QED) is 0.0409. The van der Waals surface area contributed by atoms with E-state index in [2.05, 4.69) is 70.1 Å². The summed E-state index contributed by atoms with van der Waals surface area (Å²) in [4.78, 5) is 90.8. The Hall–Kier alpha value is -6.47. The number of likely N-dealkylation sites (tertiary alicyclic amines) is 1. The van der Waals surface area contributed by atoms with Gasteiger partial charge in [0, 0.05) is 102 Å². The zero-order valence-corrected chi connectivity index (χ0v) is 44.3. The lowest BCUT2D eigenvalue weighted by molar-refractivity contribution is -0.134. The molecule has 19 heteroatoms. The van der Waals surface area contributed by atoms with E-state index in [9.17, 15) is 24.0 Å². The molecule has 75 heavy (non-hydrogen) atoms. The summed E-state index contributed by atoms with van der Waals surface area (Å²) in [7, 11) is 1.81. The molecule has 3 aliphatic heterocycles. The highest BCUT2D eigenvalue weighted by Gasteiger charge is 2.39. The molecule has 400 valence electrons. The first-order valence-corrected chi connectivity index (χ1v) is 27.2. The van der Waals surface area contributed by atoms with Gasteiger partial charge in [-0.1, -0.05) is 74.2 Å². The van der Waals surface area contributed by atoms with Crippen molar-refractivity contribution < 1.29 is 24.0 Å². The van der Waals surface area contributed by atoms with E-state index < -0.39 is 5.54 Å². The molecular weight excluding hydrogens is 970 g/mol. The Balaban J connectivity index is 0.730. The highest BCUT2D eigenvalue weighted by molar-refractivity contribution is 6.30. The molecule has 1 unspecified atom stereocenters. The second-order valence-corrected chi connectivity index (χ2v) is 20.9. The fourth-order valence-electron chi connectivity index (χ4n) is 10.3. The number of H-pyrrole nitrogens is 1. The number of carbonyl (C=O) groups excluding carboxylic acids is 5. The Morgan fingerprint density at radius 1 is 0.893 bits per heavy atom. The molecule has 2 aromatic carbocycles. The number of benzene rings is 2. The molecular formula is C56H74ClN13O5. The van der Waals surface area contributed by atoms with Crippen molar-refractivity contribution in [2.75, 3.05) is 89.3 Å². The van der Waals surface area contributed by atoms with Crippen molar-refractivity contribution in [1.82, 2.24) is 50.6 Å². The summed E-state index contributed by atoms with van der Waals surface area (Å²) >= 11 is 6.26. The van der Waals surface area contributed by atoms with Crippen LogP contribution in [0.5, 0.6) is 0 Å². The predicted octanol–water partition coefficient (Wildman–Crippen LogP) is 6.09. The van der Waals surface area contributed by atoms with Crippen LogP contribution in [-0.4, -0.2) is 149 Å². The van der Waals surface area contributed by atoms with E-state index in [4.69, 9.17) is 17.3 Å². The zero-order chi connectivity index (χ0) is 52.7. The molecule has 3 aromatic heterocycles. The van der Waals surface area contributed by atoms with Crippen LogP contribution >= 0.6 is 11.6 Å². The van der Waals surface area contributed by atoms with Gasteiger partial charge in [-0.15, -0.1) is 0 Å². The van der Waals surface area contributed by atoms with Gasteiger partial charge in [-0.05, 0) is 98.4 Å². The van der Waals surface area contributed by atoms with Gasteiger partial charge in [-0.2, -0.15) is 0 Å². The van der Waals surface area contributed by atoms with Gasteiger partial charge < -0.3 is 46.7 Å². The minimum atomic E-state index is -1.02. The van der Waals surface area contributed by atoms with Crippen LogP contribution in [0.25, 0.3) is 22.2 Å². The van der Waals surface area contributed by atoms with Gasteiger partial charge in [0.15, 0.2) is 5.69 Å². The molecule has 5 aromatic rings. The molecule has 5 amide bonds. The molecule has 0 bridgehead atoms. The summed E-state index contributed by atoms with van der Waals surface area (Å²) in [6.45, 7) is 8.63. The molecule has 7 N–H and O–H groups in total. The Morgan fingerprint density at radius 3 is 2.44 bits per heavy atom. The molecule has 3 aliphatic rings. The second kappa shape index (κ2) is 26.3. The Bertz CT molecular complexity index is 2740. The maximum atomic E-state index is 14.0. The number of pyridine rings is 1. The number of anilines is 2. The van der Waals surface area contributed by atoms with Gasteiger partial charge in [-0.3, -0.25) is 28.9 Å². The smallest absolute Gasteiger partial charge is 0.272 e. The minimum absolute atomic E-state index is 0.0406. The molecule has 0 spiro atoms. The van der Waals surface area contributed by atoms with Gasteiger partial charge in [-0.25, -0.2) is 15.0 Å². The van der Waals surface area contributed by atoms with Crippen molar-refractivity contribution in [3.05, 3.63) is 101 Å². The summed E-state index contributed by atoms with van der Waals surface area (Å²) in [6.07, 6.45) is 13.8. The average Bonchev–Trinajstić information content (AvgIpc) is 3.92. The summed E-state index contributed by atoms with van der Waals surface area (Å²) in [6, 6.07) is 19.2. The normalized spacial score (nSPS) is 17.5. The number of fused-ring (bicyclic) bond motifs is 1. The van der Waals surface area contributed by atoms with Crippen molar-refractivity contribution in [2.45, 2.75) is 95.6 Å². The van der Waals surface area contributed by atoms with Gasteiger partial charge in [0.05, 0.1) is 29.2 Å². The Kier molecular flexibility index (Phi) is 19.2. The predicted molar refractivity (Wildman–Crippen MR) is 293 cm³/mol. The van der Waals surface area contributed by atoms with Gasteiger partial charge in [0.25, 0.3) is 5.91 Å². The second-order valence-electron chi connectivity index (χ2n) is 20.5. The number of unbranched alkanes of at least 4 members (excludes halogenated alkanes) is 4. The van der Waals surface area contributed by atoms with Crippen LogP contribution in [0.4, 0.5) is 11.5 Å². The number of aromatic amines is 1. The Morgan fingerprint density at radius 2 is 1.67 bits per heavy atom. The molecule has 2 atom stereocenters. The highest BCUT2D eigenvalue weighted by atomic mass is 35.5. The number of hydrogen-bond acceptors (Lipinski definition) is 12. The third-order valence-electron chi connectivity index (χ3n) is 15.2. The number of amides is 5. The lowest BCUT2D eigenvalue weighted by atomic mass is 9.87. The number of halogens is 1. The van der Waals surface area contributed by atoms with Crippen LogP contribution in [0.3, 0.4) is 0 Å². The Labute approximate surface area is 445 Å². The molecule has 3 fully saturated rings. The van der Waals surface area contributed by atoms with Crippen LogP contribution in [0.1, 0.15) is 105 Å². The summed E-state index contributed by atoms with van der Waals surface area (Å²) in [5.41, 5.74) is 11.0. The van der Waals surface area contributed by atoms with Crippen molar-refractivity contribution in [1.29, 1.82) is 0 Å². The van der Waals surface area contributed by atoms with Crippen molar-refractivity contribution in [3.63, 3.8) is 0 Å². The van der Waals surface area contributed by atoms with E-state index in [0.29, 0.717) is 88.6 Å². The fraction of sp³-hybridized carbons (Fsp3) is 0.500. The molecule has 8 rings (SSSR count). The number of nitrogens with two attached hydrogens (primary N) is 1. The van der Waals surface area contributed by atoms with Gasteiger partial charge >= 0.3 is 0 Å². The van der Waals surface area contributed by atoms with Crippen LogP contribution in [0.2, 0.25) is 5.02 Å². The lowest BCUT2D eigenvalue weighted by Crippen LogP contribution is -2.60. The van der Waals surface area contributed by atoms with Crippen LogP contribution in [0, 0.1) is 5.92 Å². The van der Waals surface area contributed by atoms with E-state index in [1.54, 1.807) is 23.5 Å². The number of piperidine rings is 2. The topological polar surface area (TPSA) is 227 Å². The first-order chi connectivity index (χ1) is 36.3. The maximum absolute atomic E-state index is 14.0. The molecule has 0 aliphatic carbocycles. The van der Waals surface area contributed by atoms with Crippen LogP contribution < -0.4 is 31.9 Å². The SMILES string of the molecule is CCc1cccc(-c2cnc(C(=O)NCCCCCCCC(=O)N3CCN(CC[C@H](NC(=O)C4(N)CCN(c5ncnc6[nH]ccc56)CC4)c4ccc(Cl)cc4)CC3)c(NC(=O)CNCC3CCN(C)C(=O)C3)c2)c1. The van der Waals surface area contributed by atoms with Crippen molar-refractivity contribution >= 4 is 63.7 Å². The van der Waals surface area contributed by atoms with E-state index in [1.165, 1.54) is 5.56 Å². The van der Waals surface area contributed by atoms with E-state index in [0.717, 1.165) is 98.1 Å². The average molecular weight is 1040 g/mol. The first kappa shape index (κ1) is 54.8. The summed E-state index contributed by atoms with van der Waals surface area (Å²) < 4.78 is 0. The van der Waals surface area contributed by atoms with E-state index in [1.807, 2.05) is 60.6 Å². The zero-order valence-electron chi connectivity index (χ0n) is 43.6. The molecule has 0 radical (unpaired) electrons. The number of nitrogens with zero attached hydrogens (tertiary/aromatic N) is 7. The summed E-state index contributed by atoms with van der Waals surface area (Å²) in [5.74, 6) is 0.492. The van der Waals surface area contributed by atoms with Crippen molar-refractivity contribution in [2.24, 2.45) is 11.7 Å². The van der Waals surface area contributed by atoms with E-state index in [-0.39, 0.29) is 53.7 Å². The standard InChI is InChI=1S/C56H74ClN13O5/c1-3-39-10-9-11-42(32-39)43-34-47(65-48(71)37-59-35-40-18-24-67(2)50(73)33-40)51(62-36-43)54(74)61-22-8-6-4-5-7-12-49(72)69-30-28-68(29-31-69)25-19-46(41-13-15-44(57)16-14-41)66-55(75)56(58)20-26-70(27-21-56)53-45-17-23-60-52(45)63-38-64-53/h9-11,13-17,23,32,34,36,38,40,46,59H,3-8,12,18-22,24-31,33,35,37,58H2,1-2H3,(H,61,74)(H,65,71)(H,66,75)(H,60,63,64)/t40?,46-/m0/s1. The summed E-state index contributed by atoms with van der Waals surface area (Å²) in [5, 5.41) is 14.0. The number of hydrogen-bond donors (Lipinski definition) is 6. The van der Waals surface area contributed by atoms with Crippen molar-refractivity contribution in [3.8, 4) is 11.1 Å². The number of carbonyl (C=O) groups is 5. The monoisotopic (exact) mass is 1040 g/mol. The third-order valence-corrected chi connectivity index (χ3v) is 15.4. The number of rotatable bonds is 23. The lowest BCUT2D eigenvalue weighted by Gasteiger charge is -2.39. The fourth-order valence-corrected chi connectivity index (χ4v) is 10.4. The van der Waals surface area contributed by atoms with Gasteiger partial charge in [0.1, 0.15) is 17.8 Å². The third kappa shape index (κ3) is 14.9. The maximum Gasteiger partial charge on any atom is 0.272 e. The highest BCUT2D eigenvalue weighted by Crippen LogP contribution is 2.30. The molecule has 0 saturated carbocycles. The molecule has 6 heterocycles. The minimum Gasteiger partial charge on any atom is -0.356 e. The number of aryl methyl sites for hydroxylation is 1. The number of piperazine rings is 1. The number of aromatic nitrogens is 4. The van der Waals surface area contributed by atoms with E-state index >= 15 is 0 Å². The number of nitrogens with one attached hydrogen (secondary N) is 5. The molecule has 18 nitrogen and oxygen atoms in total. The first-order valence-electron chi connectivity index (χ1n) is 26.9. The van der Waals surface area contributed by atoms with Gasteiger partial charge in [0.2, 0.25) is 23.6 Å². The van der Waals surface area contributed by atoms with Crippen LogP contribution in [0.15, 0.2) is 79.4 Å².